The highest BCUT2D eigenvalue weighted by Gasteiger charge is 2.21. The lowest BCUT2D eigenvalue weighted by atomic mass is 10.1. The van der Waals surface area contributed by atoms with Gasteiger partial charge in [0.15, 0.2) is 0 Å². The van der Waals surface area contributed by atoms with Crippen molar-refractivity contribution in [3.8, 4) is 0 Å². The van der Waals surface area contributed by atoms with E-state index in [4.69, 9.17) is 29.6 Å². The van der Waals surface area contributed by atoms with Crippen molar-refractivity contribution in [1.29, 1.82) is 0 Å². The van der Waals surface area contributed by atoms with Crippen molar-refractivity contribution in [3.63, 3.8) is 0 Å². The van der Waals surface area contributed by atoms with Gasteiger partial charge >= 0.3 is 15.6 Å². The van der Waals surface area contributed by atoms with E-state index in [1.165, 1.54) is 0 Å². The lowest BCUT2D eigenvalue weighted by Crippen LogP contribution is -2.35. The van der Waals surface area contributed by atoms with Crippen molar-refractivity contribution in [1.82, 2.24) is 10.6 Å². The Morgan fingerprint density at radius 2 is 0.950 bits per heavy atom. The molecule has 0 aromatic carbocycles. The number of carbonyl (C=O) groups excluding carboxylic acids is 2. The van der Waals surface area contributed by atoms with E-state index in [1.807, 2.05) is 6.92 Å². The second-order valence-electron chi connectivity index (χ2n) is 9.60. The number of hydrogen-bond acceptors (Lipinski definition) is 10. The van der Waals surface area contributed by atoms with E-state index in [9.17, 15) is 28.5 Å². The van der Waals surface area contributed by atoms with Gasteiger partial charge in [-0.15, -0.1) is 0 Å². The summed E-state index contributed by atoms with van der Waals surface area (Å²) in [5.74, 6) is -0.284. The van der Waals surface area contributed by atoms with Crippen molar-refractivity contribution < 1.29 is 46.6 Å². The monoisotopic (exact) mass is 618 g/mol. The van der Waals surface area contributed by atoms with Crippen LogP contribution in [0.5, 0.6) is 0 Å². The molecule has 0 aliphatic rings. The van der Waals surface area contributed by atoms with Gasteiger partial charge in [0.05, 0.1) is 26.4 Å². The van der Waals surface area contributed by atoms with E-state index in [0.717, 1.165) is 25.7 Å². The van der Waals surface area contributed by atoms with Crippen LogP contribution < -0.4 is 22.1 Å². The third-order valence-electron chi connectivity index (χ3n) is 5.61. The Morgan fingerprint density at radius 3 is 1.27 bits per heavy atom. The van der Waals surface area contributed by atoms with Gasteiger partial charge in [0.2, 0.25) is 11.8 Å². The second kappa shape index (κ2) is 24.7. The van der Waals surface area contributed by atoms with E-state index in [1.54, 1.807) is 0 Å². The maximum absolute atomic E-state index is 12.0. The minimum absolute atomic E-state index is 0.0150. The molecule has 2 amide bonds. The van der Waals surface area contributed by atoms with Gasteiger partial charge in [-0.2, -0.15) is 0 Å². The molecule has 0 bridgehead atoms. The molecule has 0 aromatic heterocycles. The fourth-order valence-corrected chi connectivity index (χ4v) is 4.83. The molecule has 0 aliphatic heterocycles. The Labute approximate surface area is 238 Å². The average Bonchev–Trinajstić information content (AvgIpc) is 2.90. The molecule has 14 nitrogen and oxygen atoms in total. The first-order valence-electron chi connectivity index (χ1n) is 14.2. The molecule has 0 aromatic rings. The fraction of sp³-hybridized carbons (Fsp3) is 0.917. The smallest absolute Gasteiger partial charge is 0.356 e. The van der Waals surface area contributed by atoms with Gasteiger partial charge in [-0.3, -0.25) is 27.7 Å². The first kappa shape index (κ1) is 39.1. The third-order valence-corrected chi connectivity index (χ3v) is 7.64. The topological polar surface area (TPSA) is 222 Å². The van der Waals surface area contributed by atoms with Gasteiger partial charge in [0, 0.05) is 25.9 Å². The molecule has 40 heavy (non-hydrogen) atoms. The molecule has 238 valence electrons. The Balaban J connectivity index is 3.75. The summed E-state index contributed by atoms with van der Waals surface area (Å²) in [6, 6.07) is 0. The molecule has 0 saturated carbocycles. The van der Waals surface area contributed by atoms with Gasteiger partial charge in [-0.05, 0) is 83.2 Å². The second-order valence-corrected chi connectivity index (χ2v) is 12.5. The van der Waals surface area contributed by atoms with E-state index in [0.29, 0.717) is 64.7 Å². The van der Waals surface area contributed by atoms with E-state index < -0.39 is 15.6 Å². The predicted octanol–water partition coefficient (Wildman–Crippen LogP) is 2.72. The summed E-state index contributed by atoms with van der Waals surface area (Å²) >= 11 is 0. The first-order chi connectivity index (χ1) is 19.0. The number of phosphoric acid groups is 2. The highest BCUT2D eigenvalue weighted by atomic mass is 31.2. The molecule has 0 radical (unpaired) electrons. The normalized spacial score (nSPS) is 15.2. The SMILES string of the molecule is CC(CNC(=O)CCCCOP(=O)(O)OCCCCCN)CNC(=O)CCCCOP(=O)(O)OCCCCCN. The van der Waals surface area contributed by atoms with Gasteiger partial charge in [0.1, 0.15) is 0 Å². The third kappa shape index (κ3) is 26.0. The van der Waals surface area contributed by atoms with E-state index in [-0.39, 0.29) is 57.0 Å². The van der Waals surface area contributed by atoms with Gasteiger partial charge in [-0.1, -0.05) is 6.92 Å². The lowest BCUT2D eigenvalue weighted by molar-refractivity contribution is -0.121. The number of phosphoric ester groups is 2. The Bertz CT molecular complexity index is 703. The average molecular weight is 619 g/mol. The van der Waals surface area contributed by atoms with Crippen LogP contribution in [0.25, 0.3) is 0 Å². The van der Waals surface area contributed by atoms with Crippen LogP contribution in [0, 0.1) is 5.92 Å². The maximum atomic E-state index is 12.0. The molecule has 0 saturated heterocycles. The van der Waals surface area contributed by atoms with Gasteiger partial charge in [-0.25, -0.2) is 9.13 Å². The van der Waals surface area contributed by atoms with Crippen LogP contribution in [-0.4, -0.2) is 74.2 Å². The number of amides is 2. The molecule has 0 spiro atoms. The number of hydrogen-bond donors (Lipinski definition) is 6. The van der Waals surface area contributed by atoms with Crippen molar-refractivity contribution in [2.45, 2.75) is 84.0 Å². The summed E-state index contributed by atoms with van der Waals surface area (Å²) in [5, 5.41) is 5.61. The van der Waals surface area contributed by atoms with Crippen molar-refractivity contribution >= 4 is 27.5 Å². The Morgan fingerprint density at radius 1 is 0.625 bits per heavy atom. The summed E-state index contributed by atoms with van der Waals surface area (Å²) in [6.07, 6.45) is 6.91. The number of carbonyl (C=O) groups is 2. The quantitative estimate of drug-likeness (QED) is 0.0550. The molecule has 0 aliphatic carbocycles. The first-order valence-corrected chi connectivity index (χ1v) is 17.2. The predicted molar refractivity (Wildman–Crippen MR) is 152 cm³/mol. The van der Waals surface area contributed by atoms with Crippen LogP contribution in [0.1, 0.15) is 84.0 Å². The number of unbranched alkanes of at least 4 members (excludes halogenated alkanes) is 6. The molecule has 0 heterocycles. The summed E-state index contributed by atoms with van der Waals surface area (Å²) in [5.41, 5.74) is 10.8. The zero-order valence-corrected chi connectivity index (χ0v) is 25.7. The number of nitrogens with two attached hydrogens (primary N) is 2. The molecule has 2 atom stereocenters. The Kier molecular flexibility index (Phi) is 24.1. The van der Waals surface area contributed by atoms with Crippen LogP contribution in [0.4, 0.5) is 0 Å². The zero-order chi connectivity index (χ0) is 30.1. The summed E-state index contributed by atoms with van der Waals surface area (Å²) < 4.78 is 43.1. The Hall–Kier alpha value is -0.920. The number of rotatable bonds is 28. The van der Waals surface area contributed by atoms with Crippen LogP contribution in [-0.2, 0) is 36.8 Å². The maximum Gasteiger partial charge on any atom is 0.472 e. The minimum Gasteiger partial charge on any atom is -0.356 e. The van der Waals surface area contributed by atoms with Crippen molar-refractivity contribution in [3.05, 3.63) is 0 Å². The van der Waals surface area contributed by atoms with Crippen molar-refractivity contribution in [2.24, 2.45) is 17.4 Å². The fourth-order valence-electron chi connectivity index (χ4n) is 3.24. The molecular formula is C24H52N4O10P2. The highest BCUT2D eigenvalue weighted by molar-refractivity contribution is 7.47. The van der Waals surface area contributed by atoms with Crippen LogP contribution in [0.3, 0.4) is 0 Å². The molecule has 2 unspecified atom stereocenters. The molecule has 8 N–H and O–H groups in total. The minimum atomic E-state index is -4.07. The summed E-state index contributed by atoms with van der Waals surface area (Å²) in [7, 11) is -8.15. The largest absolute Gasteiger partial charge is 0.472 e. The highest BCUT2D eigenvalue weighted by Crippen LogP contribution is 2.44. The molecule has 0 rings (SSSR count). The molecule has 16 heteroatoms. The summed E-state index contributed by atoms with van der Waals surface area (Å²) in [6.45, 7) is 4.12. The van der Waals surface area contributed by atoms with Crippen LogP contribution >= 0.6 is 15.6 Å². The van der Waals surface area contributed by atoms with Gasteiger partial charge in [0.25, 0.3) is 0 Å². The van der Waals surface area contributed by atoms with Crippen molar-refractivity contribution in [2.75, 3.05) is 52.6 Å². The van der Waals surface area contributed by atoms with Crippen LogP contribution in [0.15, 0.2) is 0 Å². The molecular weight excluding hydrogens is 566 g/mol. The zero-order valence-electron chi connectivity index (χ0n) is 23.9. The molecule has 0 fully saturated rings. The van der Waals surface area contributed by atoms with E-state index in [2.05, 4.69) is 10.6 Å². The van der Waals surface area contributed by atoms with Gasteiger partial charge < -0.3 is 31.9 Å². The standard InChI is InChI=1S/C24H52N4O10P2/c1-22(20-27-23(29)12-4-10-18-37-39(31,32)35-16-8-2-6-14-25)21-28-24(30)13-5-11-19-38-40(33,34)36-17-9-3-7-15-26/h22H,2-21,25-26H2,1H3,(H,27,29)(H,28,30)(H,31,32)(H,33,34). The van der Waals surface area contributed by atoms with E-state index >= 15 is 0 Å². The number of nitrogens with one attached hydrogen (secondary N) is 2. The van der Waals surface area contributed by atoms with Crippen LogP contribution in [0.2, 0.25) is 0 Å². The summed E-state index contributed by atoms with van der Waals surface area (Å²) in [4.78, 5) is 43.2. The lowest BCUT2D eigenvalue weighted by Gasteiger charge is -2.14.